The molecule has 118 valence electrons. The molecule has 1 aromatic heterocycles. The highest BCUT2D eigenvalue weighted by Gasteiger charge is 2.08. The van der Waals surface area contributed by atoms with Gasteiger partial charge in [-0.3, -0.25) is 0 Å². The van der Waals surface area contributed by atoms with Crippen LogP contribution in [0.3, 0.4) is 0 Å². The number of aromatic nitrogens is 2. The van der Waals surface area contributed by atoms with Gasteiger partial charge in [0.2, 0.25) is 5.95 Å². The molecule has 0 atom stereocenters. The van der Waals surface area contributed by atoms with Crippen LogP contribution in [0.25, 0.3) is 11.3 Å². The van der Waals surface area contributed by atoms with Gasteiger partial charge >= 0.3 is 0 Å². The van der Waals surface area contributed by atoms with Crippen LogP contribution in [0.5, 0.6) is 5.75 Å². The number of aryl methyl sites for hydroxylation is 1. The first-order chi connectivity index (χ1) is 11.2. The van der Waals surface area contributed by atoms with E-state index in [1.165, 1.54) is 16.7 Å². The van der Waals surface area contributed by atoms with E-state index in [-0.39, 0.29) is 0 Å². The van der Waals surface area contributed by atoms with E-state index in [0.29, 0.717) is 0 Å². The van der Waals surface area contributed by atoms with Crippen LogP contribution in [0.1, 0.15) is 11.1 Å². The molecular weight excluding hydrogens is 286 g/mol. The van der Waals surface area contributed by atoms with Crippen LogP contribution in [0, 0.1) is 6.92 Å². The number of hydrogen-bond acceptors (Lipinski definition) is 3. The Kier molecular flexibility index (Phi) is 4.33. The average molecular weight is 307 g/mol. The topological polar surface area (TPSA) is 39.1 Å². The summed E-state index contributed by atoms with van der Waals surface area (Å²) in [5, 5.41) is 3.38. The van der Waals surface area contributed by atoms with Crippen molar-refractivity contribution in [2.24, 2.45) is 7.05 Å². The first kappa shape index (κ1) is 15.2. The van der Waals surface area contributed by atoms with Gasteiger partial charge in [-0.15, -0.1) is 0 Å². The molecule has 3 rings (SSSR count). The Morgan fingerprint density at radius 1 is 1.04 bits per heavy atom. The minimum atomic E-state index is 0.724. The number of imidazole rings is 1. The minimum absolute atomic E-state index is 0.724. The zero-order valence-corrected chi connectivity index (χ0v) is 13.7. The quantitative estimate of drug-likeness (QED) is 0.774. The summed E-state index contributed by atoms with van der Waals surface area (Å²) in [6, 6.07) is 16.5. The molecule has 1 heterocycles. The summed E-state index contributed by atoms with van der Waals surface area (Å²) < 4.78 is 7.25. The number of nitrogens with zero attached hydrogens (tertiary/aromatic N) is 2. The maximum absolute atomic E-state index is 5.17. The Morgan fingerprint density at radius 3 is 2.39 bits per heavy atom. The molecule has 0 amide bonds. The second-order valence-electron chi connectivity index (χ2n) is 5.59. The Morgan fingerprint density at radius 2 is 1.74 bits per heavy atom. The smallest absolute Gasteiger partial charge is 0.203 e. The summed E-state index contributed by atoms with van der Waals surface area (Å²) in [6.45, 7) is 2.82. The molecule has 0 unspecified atom stereocenters. The van der Waals surface area contributed by atoms with Crippen molar-refractivity contribution < 1.29 is 4.74 Å². The number of ether oxygens (including phenoxy) is 1. The van der Waals surface area contributed by atoms with E-state index in [2.05, 4.69) is 58.2 Å². The first-order valence-electron chi connectivity index (χ1n) is 7.63. The van der Waals surface area contributed by atoms with Crippen LogP contribution in [0.15, 0.2) is 54.7 Å². The molecule has 0 aliphatic heterocycles. The summed E-state index contributed by atoms with van der Waals surface area (Å²) in [5.41, 5.74) is 4.71. The lowest BCUT2D eigenvalue weighted by molar-refractivity contribution is 0.414. The monoisotopic (exact) mass is 307 g/mol. The van der Waals surface area contributed by atoms with E-state index in [4.69, 9.17) is 4.74 Å². The lowest BCUT2D eigenvalue weighted by Gasteiger charge is -2.09. The average Bonchev–Trinajstić information content (AvgIpc) is 2.95. The largest absolute Gasteiger partial charge is 0.497 e. The third-order valence-electron chi connectivity index (χ3n) is 3.95. The minimum Gasteiger partial charge on any atom is -0.497 e. The molecule has 0 radical (unpaired) electrons. The fourth-order valence-electron chi connectivity index (χ4n) is 2.49. The third kappa shape index (κ3) is 3.37. The fourth-order valence-corrected chi connectivity index (χ4v) is 2.49. The van der Waals surface area contributed by atoms with Crippen LogP contribution in [0.4, 0.5) is 5.95 Å². The number of hydrogen-bond donors (Lipinski definition) is 1. The highest BCUT2D eigenvalue weighted by atomic mass is 16.5. The van der Waals surface area contributed by atoms with E-state index in [9.17, 15) is 0 Å². The number of benzene rings is 2. The van der Waals surface area contributed by atoms with Gasteiger partial charge in [0.25, 0.3) is 0 Å². The predicted octanol–water partition coefficient (Wildman–Crippen LogP) is 4.02. The molecule has 1 N–H and O–H groups in total. The van der Waals surface area contributed by atoms with Gasteiger partial charge in [-0.2, -0.15) is 0 Å². The molecule has 3 aromatic rings. The molecule has 0 spiro atoms. The summed E-state index contributed by atoms with van der Waals surface area (Å²) in [5.74, 6) is 1.73. The van der Waals surface area contributed by atoms with E-state index in [1.807, 2.05) is 25.4 Å². The molecule has 4 nitrogen and oxygen atoms in total. The van der Waals surface area contributed by atoms with Crippen molar-refractivity contribution in [3.63, 3.8) is 0 Å². The van der Waals surface area contributed by atoms with Crippen LogP contribution in [0.2, 0.25) is 0 Å². The molecule has 0 fully saturated rings. The summed E-state index contributed by atoms with van der Waals surface area (Å²) in [6.07, 6.45) is 1.90. The van der Waals surface area contributed by atoms with Gasteiger partial charge in [0.05, 0.1) is 19.0 Å². The maximum atomic E-state index is 5.17. The normalized spacial score (nSPS) is 10.6. The SMILES string of the molecule is COc1ccc(CNc2ncc(-c3ccc(C)cc3)n2C)cc1. The summed E-state index contributed by atoms with van der Waals surface area (Å²) in [4.78, 5) is 4.49. The molecule has 0 aliphatic carbocycles. The van der Waals surface area contributed by atoms with E-state index in [0.717, 1.165) is 23.9 Å². The Hall–Kier alpha value is -2.75. The van der Waals surface area contributed by atoms with Crippen LogP contribution >= 0.6 is 0 Å². The van der Waals surface area contributed by atoms with Gasteiger partial charge in [-0.25, -0.2) is 4.98 Å². The molecule has 23 heavy (non-hydrogen) atoms. The maximum Gasteiger partial charge on any atom is 0.203 e. The molecule has 0 aliphatic rings. The molecule has 0 saturated carbocycles. The van der Waals surface area contributed by atoms with Crippen LogP contribution in [-0.2, 0) is 13.6 Å². The van der Waals surface area contributed by atoms with Crippen molar-refractivity contribution in [3.05, 3.63) is 65.9 Å². The number of nitrogens with one attached hydrogen (secondary N) is 1. The molecular formula is C19H21N3O. The van der Waals surface area contributed by atoms with E-state index >= 15 is 0 Å². The van der Waals surface area contributed by atoms with Gasteiger partial charge < -0.3 is 14.6 Å². The summed E-state index contributed by atoms with van der Waals surface area (Å²) in [7, 11) is 3.70. The first-order valence-corrected chi connectivity index (χ1v) is 7.63. The van der Waals surface area contributed by atoms with Crippen molar-refractivity contribution in [2.75, 3.05) is 12.4 Å². The summed E-state index contributed by atoms with van der Waals surface area (Å²) >= 11 is 0. The number of anilines is 1. The van der Waals surface area contributed by atoms with Crippen molar-refractivity contribution in [1.29, 1.82) is 0 Å². The van der Waals surface area contributed by atoms with Crippen molar-refractivity contribution in [3.8, 4) is 17.0 Å². The Labute approximate surface area is 136 Å². The van der Waals surface area contributed by atoms with Gasteiger partial charge in [0, 0.05) is 13.6 Å². The third-order valence-corrected chi connectivity index (χ3v) is 3.95. The van der Waals surface area contributed by atoms with E-state index < -0.39 is 0 Å². The van der Waals surface area contributed by atoms with Gasteiger partial charge in [-0.1, -0.05) is 42.0 Å². The van der Waals surface area contributed by atoms with Crippen molar-refractivity contribution in [2.45, 2.75) is 13.5 Å². The number of methoxy groups -OCH3 is 1. The Bertz CT molecular complexity index is 773. The fraction of sp³-hybridized carbons (Fsp3) is 0.211. The zero-order chi connectivity index (χ0) is 16.2. The molecule has 0 saturated heterocycles. The van der Waals surface area contributed by atoms with Crippen molar-refractivity contribution in [1.82, 2.24) is 9.55 Å². The molecule has 4 heteroatoms. The van der Waals surface area contributed by atoms with Gasteiger partial charge in [0.1, 0.15) is 5.75 Å². The predicted molar refractivity (Wildman–Crippen MR) is 93.7 cm³/mol. The molecule has 2 aromatic carbocycles. The lowest BCUT2D eigenvalue weighted by Crippen LogP contribution is -2.05. The zero-order valence-electron chi connectivity index (χ0n) is 13.7. The Balaban J connectivity index is 1.72. The van der Waals surface area contributed by atoms with Gasteiger partial charge in [0.15, 0.2) is 0 Å². The number of rotatable bonds is 5. The second kappa shape index (κ2) is 6.57. The van der Waals surface area contributed by atoms with Crippen molar-refractivity contribution >= 4 is 5.95 Å². The molecule has 0 bridgehead atoms. The van der Waals surface area contributed by atoms with Crippen LogP contribution < -0.4 is 10.1 Å². The highest BCUT2D eigenvalue weighted by molar-refractivity contribution is 5.61. The van der Waals surface area contributed by atoms with Gasteiger partial charge in [-0.05, 0) is 30.2 Å². The second-order valence-corrected chi connectivity index (χ2v) is 5.59. The highest BCUT2D eigenvalue weighted by Crippen LogP contribution is 2.22. The lowest BCUT2D eigenvalue weighted by atomic mass is 10.1. The van der Waals surface area contributed by atoms with Crippen LogP contribution in [-0.4, -0.2) is 16.7 Å². The van der Waals surface area contributed by atoms with E-state index in [1.54, 1.807) is 7.11 Å². The standard InChI is InChI=1S/C19H21N3O/c1-14-4-8-16(9-5-14)18-13-21-19(22(18)2)20-12-15-6-10-17(23-3)11-7-15/h4-11,13H,12H2,1-3H3,(H,20,21).